The Hall–Kier alpha value is -2.52. The van der Waals surface area contributed by atoms with Crippen molar-refractivity contribution in [2.24, 2.45) is 10.9 Å². The minimum Gasteiger partial charge on any atom is -0.380 e. The number of hydrogen-bond acceptors (Lipinski definition) is 6. The van der Waals surface area contributed by atoms with Crippen LogP contribution in [0.4, 0.5) is 10.5 Å². The van der Waals surface area contributed by atoms with Crippen molar-refractivity contribution < 1.29 is 14.2 Å². The zero-order valence-corrected chi connectivity index (χ0v) is 17.6. The number of amidine groups is 1. The maximum Gasteiger partial charge on any atom is 0.437 e. The van der Waals surface area contributed by atoms with E-state index in [4.69, 9.17) is 61.5 Å². The van der Waals surface area contributed by atoms with Crippen LogP contribution in [0.5, 0.6) is 0 Å². The van der Waals surface area contributed by atoms with E-state index < -0.39 is 6.09 Å². The van der Waals surface area contributed by atoms with E-state index in [1.165, 1.54) is 12.1 Å². The molecule has 0 unspecified atom stereocenters. The lowest BCUT2D eigenvalue weighted by Gasteiger charge is -2.07. The van der Waals surface area contributed by atoms with Crippen molar-refractivity contribution >= 4 is 64.0 Å². The van der Waals surface area contributed by atoms with Gasteiger partial charge in [-0.05, 0) is 31.2 Å². The lowest BCUT2D eigenvalue weighted by molar-refractivity contribution is 0.166. The number of anilines is 1. The molecule has 2 heterocycles. The summed E-state index contributed by atoms with van der Waals surface area (Å²) < 4.78 is 5.19. The average molecular weight is 475 g/mol. The maximum absolute atomic E-state index is 12.0. The number of aryl methyl sites for hydroxylation is 1. The molecule has 0 saturated heterocycles. The predicted octanol–water partition coefficient (Wildman–Crippen LogP) is 5.53. The summed E-state index contributed by atoms with van der Waals surface area (Å²) in [6.07, 6.45) is -0.933. The number of benzene rings is 1. The van der Waals surface area contributed by atoms with Gasteiger partial charge in [0, 0.05) is 5.56 Å². The van der Waals surface area contributed by atoms with Gasteiger partial charge in [0.2, 0.25) is 0 Å². The minimum atomic E-state index is -0.933. The monoisotopic (exact) mass is 473 g/mol. The Bertz CT molecular complexity index is 1080. The minimum absolute atomic E-state index is 0.0946. The normalized spacial score (nSPS) is 11.4. The Balaban J connectivity index is 1.84. The van der Waals surface area contributed by atoms with Crippen molar-refractivity contribution in [2.45, 2.75) is 6.92 Å². The number of hydrogen-bond donors (Lipinski definition) is 2. The molecular weight excluding hydrogens is 464 g/mol. The van der Waals surface area contributed by atoms with Crippen molar-refractivity contribution in [3.05, 3.63) is 62.0 Å². The van der Waals surface area contributed by atoms with Gasteiger partial charge in [0.1, 0.15) is 21.8 Å². The Morgan fingerprint density at radius 1 is 1.17 bits per heavy atom. The summed E-state index contributed by atoms with van der Waals surface area (Å²) in [6, 6.07) is 7.72. The van der Waals surface area contributed by atoms with Crippen molar-refractivity contribution in [1.29, 1.82) is 0 Å². The number of nitrogens with two attached hydrogens (primary N) is 1. The van der Waals surface area contributed by atoms with E-state index in [1.54, 1.807) is 25.1 Å². The van der Waals surface area contributed by atoms with E-state index in [9.17, 15) is 4.79 Å². The highest BCUT2D eigenvalue weighted by atomic mass is 35.5. The van der Waals surface area contributed by atoms with Crippen molar-refractivity contribution in [3.63, 3.8) is 0 Å². The smallest absolute Gasteiger partial charge is 0.380 e. The summed E-state index contributed by atoms with van der Waals surface area (Å²) in [5, 5.41) is 10.8. The predicted molar refractivity (Wildman–Crippen MR) is 112 cm³/mol. The van der Waals surface area contributed by atoms with Gasteiger partial charge in [-0.3, -0.25) is 10.2 Å². The Morgan fingerprint density at radius 3 is 2.41 bits per heavy atom. The summed E-state index contributed by atoms with van der Waals surface area (Å²) >= 11 is 24.0. The van der Waals surface area contributed by atoms with E-state index in [0.717, 1.165) is 0 Å². The van der Waals surface area contributed by atoms with Crippen LogP contribution < -0.4 is 11.1 Å². The van der Waals surface area contributed by atoms with Gasteiger partial charge in [-0.15, -0.1) is 0 Å². The molecule has 150 valence electrons. The molecule has 0 aliphatic carbocycles. The SMILES string of the molecule is Cc1onc(-c2c(Cl)cccc2Cl)c1/C(N)=N/OC(=O)Nc1cc(Cl)nc(Cl)c1. The molecule has 0 radical (unpaired) electrons. The summed E-state index contributed by atoms with van der Waals surface area (Å²) in [7, 11) is 0. The molecule has 29 heavy (non-hydrogen) atoms. The number of carbonyl (C=O) groups excluding carboxylic acids is 1. The van der Waals surface area contributed by atoms with Crippen LogP contribution in [0.3, 0.4) is 0 Å². The van der Waals surface area contributed by atoms with Crippen LogP contribution in [0.2, 0.25) is 20.4 Å². The molecule has 8 nitrogen and oxygen atoms in total. The van der Waals surface area contributed by atoms with E-state index in [2.05, 4.69) is 20.6 Å². The first-order valence-electron chi connectivity index (χ1n) is 7.82. The van der Waals surface area contributed by atoms with Crippen molar-refractivity contribution in [2.75, 3.05) is 5.32 Å². The maximum atomic E-state index is 12.0. The lowest BCUT2D eigenvalue weighted by atomic mass is 10.1. The third kappa shape index (κ3) is 4.91. The van der Waals surface area contributed by atoms with E-state index in [-0.39, 0.29) is 33.1 Å². The van der Waals surface area contributed by atoms with Crippen molar-refractivity contribution in [3.8, 4) is 11.3 Å². The summed E-state index contributed by atoms with van der Waals surface area (Å²) in [5.74, 6) is 0.157. The largest absolute Gasteiger partial charge is 0.437 e. The molecule has 0 atom stereocenters. The third-order valence-electron chi connectivity index (χ3n) is 3.55. The molecule has 1 amide bonds. The number of nitrogens with one attached hydrogen (secondary N) is 1. The van der Waals surface area contributed by atoms with Crippen LogP contribution in [0, 0.1) is 6.92 Å². The Labute approximate surface area is 184 Å². The molecule has 12 heteroatoms. The highest BCUT2D eigenvalue weighted by molar-refractivity contribution is 6.39. The topological polar surface area (TPSA) is 116 Å². The first kappa shape index (κ1) is 21.2. The summed E-state index contributed by atoms with van der Waals surface area (Å²) in [4.78, 5) is 20.5. The molecule has 3 aromatic rings. The molecule has 3 rings (SSSR count). The molecule has 2 aromatic heterocycles. The van der Waals surface area contributed by atoms with Gasteiger partial charge < -0.3 is 10.3 Å². The standard InChI is InChI=1S/C17H11Cl4N5O3/c1-7-13(15(25-28-7)14-9(18)3-2-4-10(14)19)16(22)26-29-17(27)23-8-5-11(20)24-12(21)6-8/h2-6H,1H3,(H2,22,26)(H,23,24,27). The van der Waals surface area contributed by atoms with Gasteiger partial charge in [-0.1, -0.05) is 62.8 Å². The first-order chi connectivity index (χ1) is 13.8. The Morgan fingerprint density at radius 2 is 1.79 bits per heavy atom. The number of halogens is 4. The third-order valence-corrected chi connectivity index (χ3v) is 4.57. The van der Waals surface area contributed by atoms with E-state index in [0.29, 0.717) is 21.4 Å². The highest BCUT2D eigenvalue weighted by Gasteiger charge is 2.23. The lowest BCUT2D eigenvalue weighted by Crippen LogP contribution is -2.18. The Kier molecular flexibility index (Phi) is 6.49. The van der Waals surface area contributed by atoms with Gasteiger partial charge in [0.15, 0.2) is 5.84 Å². The van der Waals surface area contributed by atoms with Gasteiger partial charge in [0.05, 0.1) is 21.3 Å². The second kappa shape index (κ2) is 8.87. The second-order valence-corrected chi connectivity index (χ2v) is 7.13. The summed E-state index contributed by atoms with van der Waals surface area (Å²) in [5.41, 5.74) is 7.19. The van der Waals surface area contributed by atoms with Crippen LogP contribution in [0.15, 0.2) is 40.0 Å². The molecule has 0 spiro atoms. The van der Waals surface area contributed by atoms with Crippen LogP contribution >= 0.6 is 46.4 Å². The highest BCUT2D eigenvalue weighted by Crippen LogP contribution is 2.36. The fraction of sp³-hybridized carbons (Fsp3) is 0.0588. The van der Waals surface area contributed by atoms with Crippen molar-refractivity contribution in [1.82, 2.24) is 10.1 Å². The molecule has 3 N–H and O–H groups in total. The fourth-order valence-corrected chi connectivity index (χ4v) is 3.42. The quantitative estimate of drug-likeness (QED) is 0.169. The fourth-order valence-electron chi connectivity index (χ4n) is 2.38. The van der Waals surface area contributed by atoms with Gasteiger partial charge in [0.25, 0.3) is 0 Å². The van der Waals surface area contributed by atoms with Crippen LogP contribution in [-0.4, -0.2) is 22.1 Å². The molecule has 0 fully saturated rings. The number of rotatable bonds is 4. The van der Waals surface area contributed by atoms with Gasteiger partial charge >= 0.3 is 6.09 Å². The average Bonchev–Trinajstić information content (AvgIpc) is 3.00. The molecular formula is C17H11Cl4N5O3. The van der Waals surface area contributed by atoms with Gasteiger partial charge in [-0.25, -0.2) is 9.78 Å². The number of carbonyl (C=O) groups is 1. The second-order valence-electron chi connectivity index (χ2n) is 5.54. The molecule has 0 aliphatic rings. The molecule has 0 bridgehead atoms. The van der Waals surface area contributed by atoms with Crippen LogP contribution in [-0.2, 0) is 4.84 Å². The number of oxime groups is 1. The molecule has 0 saturated carbocycles. The van der Waals surface area contributed by atoms with Crippen LogP contribution in [0.1, 0.15) is 11.3 Å². The number of aromatic nitrogens is 2. The van der Waals surface area contributed by atoms with Gasteiger partial charge in [-0.2, -0.15) is 0 Å². The van der Waals surface area contributed by atoms with E-state index >= 15 is 0 Å². The zero-order valence-electron chi connectivity index (χ0n) is 14.5. The number of amides is 1. The van der Waals surface area contributed by atoms with Crippen LogP contribution in [0.25, 0.3) is 11.3 Å². The molecule has 1 aromatic carbocycles. The number of pyridine rings is 1. The first-order valence-corrected chi connectivity index (χ1v) is 9.33. The van der Waals surface area contributed by atoms with E-state index in [1.807, 2.05) is 0 Å². The molecule has 0 aliphatic heterocycles. The summed E-state index contributed by atoms with van der Waals surface area (Å²) in [6.45, 7) is 1.61. The number of nitrogens with zero attached hydrogens (tertiary/aromatic N) is 3. The zero-order chi connectivity index (χ0) is 21.1.